The molecule has 2 rings (SSSR count). The van der Waals surface area contributed by atoms with Crippen LogP contribution in [0.3, 0.4) is 0 Å². The summed E-state index contributed by atoms with van der Waals surface area (Å²) in [5, 5.41) is -3.38. The smallest absolute Gasteiger partial charge is 0.388 e. The van der Waals surface area contributed by atoms with Crippen LogP contribution >= 0.6 is 23.4 Å². The van der Waals surface area contributed by atoms with Gasteiger partial charge < -0.3 is 9.30 Å². The molecule has 0 aromatic carbocycles. The number of hydrogen-bond donors (Lipinski definition) is 0. The molecule has 2 aromatic heterocycles. The first kappa shape index (κ1) is 14.9. The lowest BCUT2D eigenvalue weighted by Crippen LogP contribution is -2.26. The highest BCUT2D eigenvalue weighted by Gasteiger charge is 2.40. The van der Waals surface area contributed by atoms with Gasteiger partial charge >= 0.3 is 11.2 Å². The Morgan fingerprint density at radius 2 is 2.25 bits per heavy atom. The van der Waals surface area contributed by atoms with Crippen LogP contribution in [0, 0.1) is 0 Å². The van der Waals surface area contributed by atoms with Gasteiger partial charge in [-0.2, -0.15) is 8.78 Å². The van der Waals surface area contributed by atoms with Gasteiger partial charge in [0.1, 0.15) is 11.8 Å². The lowest BCUT2D eigenvalue weighted by molar-refractivity contribution is -0.156. The minimum atomic E-state index is -3.57. The quantitative estimate of drug-likeness (QED) is 0.619. The first-order valence-electron chi connectivity index (χ1n) is 5.37. The second-order valence-corrected chi connectivity index (χ2v) is 5.20. The van der Waals surface area contributed by atoms with Crippen molar-refractivity contribution in [1.82, 2.24) is 19.5 Å². The number of aryl methyl sites for hydroxylation is 1. The largest absolute Gasteiger partial charge is 0.464 e. The molecule has 0 amide bonds. The third kappa shape index (κ3) is 2.98. The molecular formula is C10H9ClF2N4O2S. The van der Waals surface area contributed by atoms with Crippen molar-refractivity contribution in [3.05, 3.63) is 17.8 Å². The fraction of sp³-hybridized carbons (Fsp3) is 0.400. The summed E-state index contributed by atoms with van der Waals surface area (Å²) in [5.41, 5.74) is 0.853. The molecule has 0 aliphatic heterocycles. The fourth-order valence-corrected chi connectivity index (χ4v) is 2.39. The van der Waals surface area contributed by atoms with Crippen LogP contribution < -0.4 is 0 Å². The third-order valence-electron chi connectivity index (χ3n) is 2.40. The van der Waals surface area contributed by atoms with Gasteiger partial charge in [-0.3, -0.25) is 0 Å². The van der Waals surface area contributed by atoms with Crippen molar-refractivity contribution in [1.29, 1.82) is 0 Å². The maximum atomic E-state index is 13.2. The van der Waals surface area contributed by atoms with Crippen LogP contribution in [-0.2, 0) is 16.1 Å². The zero-order valence-corrected chi connectivity index (χ0v) is 11.8. The molecule has 2 aromatic rings. The molecule has 0 spiro atoms. The lowest BCUT2D eigenvalue weighted by atomic mass is 10.5. The van der Waals surface area contributed by atoms with E-state index in [4.69, 9.17) is 11.6 Å². The SMILES string of the molecule is COC(=O)C(F)(F)SCCn1cnc2c(Cl)ncnc21. The van der Waals surface area contributed by atoms with Gasteiger partial charge in [0.15, 0.2) is 10.8 Å². The van der Waals surface area contributed by atoms with Gasteiger partial charge in [-0.15, -0.1) is 0 Å². The van der Waals surface area contributed by atoms with E-state index >= 15 is 0 Å². The van der Waals surface area contributed by atoms with E-state index in [1.165, 1.54) is 12.7 Å². The summed E-state index contributed by atoms with van der Waals surface area (Å²) in [5.74, 6) is -1.59. The molecule has 108 valence electrons. The van der Waals surface area contributed by atoms with Crippen LogP contribution in [-0.4, -0.2) is 43.6 Å². The van der Waals surface area contributed by atoms with E-state index in [1.54, 1.807) is 4.57 Å². The van der Waals surface area contributed by atoms with Gasteiger partial charge in [0.2, 0.25) is 0 Å². The van der Waals surface area contributed by atoms with Crippen LogP contribution in [0.15, 0.2) is 12.7 Å². The number of halogens is 3. The zero-order chi connectivity index (χ0) is 14.8. The van der Waals surface area contributed by atoms with Crippen LogP contribution in [0.2, 0.25) is 5.15 Å². The summed E-state index contributed by atoms with van der Waals surface area (Å²) in [6.07, 6.45) is 2.70. The van der Waals surface area contributed by atoms with E-state index in [0.717, 1.165) is 7.11 Å². The molecule has 0 bridgehead atoms. The number of ether oxygens (including phenoxy) is 1. The Kier molecular flexibility index (Phi) is 4.39. The molecule has 0 N–H and O–H groups in total. The molecule has 10 heteroatoms. The Morgan fingerprint density at radius 3 is 2.95 bits per heavy atom. The Hall–Kier alpha value is -1.48. The Labute approximate surface area is 121 Å². The Balaban J connectivity index is 2.04. The number of nitrogens with zero attached hydrogens (tertiary/aromatic N) is 4. The van der Waals surface area contributed by atoms with Crippen LogP contribution in [0.25, 0.3) is 11.2 Å². The van der Waals surface area contributed by atoms with Gasteiger partial charge in [0, 0.05) is 12.3 Å². The molecule has 0 saturated heterocycles. The van der Waals surface area contributed by atoms with Crippen molar-refractivity contribution in [3.63, 3.8) is 0 Å². The molecule has 0 atom stereocenters. The number of hydrogen-bond acceptors (Lipinski definition) is 6. The number of carbonyl (C=O) groups excluding carboxylic acids is 1. The molecule has 0 fully saturated rings. The summed E-state index contributed by atoms with van der Waals surface area (Å²) < 4.78 is 32.1. The van der Waals surface area contributed by atoms with Crippen molar-refractivity contribution in [2.45, 2.75) is 11.8 Å². The number of imidazole rings is 1. The number of thioether (sulfide) groups is 1. The molecule has 0 aliphatic carbocycles. The molecule has 0 unspecified atom stereocenters. The van der Waals surface area contributed by atoms with Gasteiger partial charge in [-0.05, 0) is 0 Å². The molecule has 6 nitrogen and oxygen atoms in total. The molecule has 0 saturated carbocycles. The standard InChI is InChI=1S/C10H9ClF2N4O2S/c1-19-9(18)10(12,13)20-3-2-17-5-16-6-7(11)14-4-15-8(6)17/h4-5H,2-3H2,1H3. The number of esters is 1. The van der Waals surface area contributed by atoms with E-state index in [-0.39, 0.29) is 29.2 Å². The Morgan fingerprint density at radius 1 is 1.50 bits per heavy atom. The van der Waals surface area contributed by atoms with E-state index < -0.39 is 11.2 Å². The molecule has 20 heavy (non-hydrogen) atoms. The monoisotopic (exact) mass is 322 g/mol. The average molecular weight is 323 g/mol. The number of aromatic nitrogens is 4. The highest BCUT2D eigenvalue weighted by atomic mass is 35.5. The second kappa shape index (κ2) is 5.88. The van der Waals surface area contributed by atoms with Crippen molar-refractivity contribution in [2.75, 3.05) is 12.9 Å². The summed E-state index contributed by atoms with van der Waals surface area (Å²) in [6.45, 7) is 0.196. The second-order valence-electron chi connectivity index (χ2n) is 3.63. The van der Waals surface area contributed by atoms with Crippen molar-refractivity contribution >= 4 is 40.5 Å². The summed E-state index contributed by atoms with van der Waals surface area (Å²) in [6, 6.07) is 0. The molecule has 0 aliphatic rings. The van der Waals surface area contributed by atoms with Gasteiger partial charge in [-0.1, -0.05) is 23.4 Å². The maximum absolute atomic E-state index is 13.2. The van der Waals surface area contributed by atoms with E-state index in [9.17, 15) is 13.6 Å². The zero-order valence-electron chi connectivity index (χ0n) is 10.2. The van der Waals surface area contributed by atoms with Crippen molar-refractivity contribution in [2.24, 2.45) is 0 Å². The predicted molar refractivity (Wildman–Crippen MR) is 69.8 cm³/mol. The van der Waals surface area contributed by atoms with E-state index in [1.807, 2.05) is 0 Å². The highest BCUT2D eigenvalue weighted by Crippen LogP contribution is 2.30. The predicted octanol–water partition coefficient (Wildman–Crippen LogP) is 1.98. The van der Waals surface area contributed by atoms with Crippen molar-refractivity contribution in [3.8, 4) is 0 Å². The Bertz CT molecular complexity index is 637. The maximum Gasteiger partial charge on any atom is 0.388 e. The number of methoxy groups -OCH3 is 1. The summed E-state index contributed by atoms with van der Waals surface area (Å²) >= 11 is 6.01. The van der Waals surface area contributed by atoms with Gasteiger partial charge in [0.25, 0.3) is 0 Å². The first-order chi connectivity index (χ1) is 9.45. The topological polar surface area (TPSA) is 69.9 Å². The van der Waals surface area contributed by atoms with Crippen molar-refractivity contribution < 1.29 is 18.3 Å². The number of rotatable bonds is 5. The number of alkyl halides is 2. The van der Waals surface area contributed by atoms with Crippen LogP contribution in [0.4, 0.5) is 8.78 Å². The fourth-order valence-electron chi connectivity index (χ4n) is 1.47. The normalized spacial score (nSPS) is 11.8. The van der Waals surface area contributed by atoms with E-state index in [0.29, 0.717) is 11.2 Å². The minimum Gasteiger partial charge on any atom is -0.464 e. The van der Waals surface area contributed by atoms with Crippen LogP contribution in [0.1, 0.15) is 0 Å². The number of carbonyl (C=O) groups is 1. The first-order valence-corrected chi connectivity index (χ1v) is 6.73. The summed E-state index contributed by atoms with van der Waals surface area (Å²) in [4.78, 5) is 22.6. The van der Waals surface area contributed by atoms with E-state index in [2.05, 4.69) is 19.7 Å². The summed E-state index contributed by atoms with van der Waals surface area (Å²) in [7, 11) is 0.916. The van der Waals surface area contributed by atoms with Gasteiger partial charge in [0.05, 0.1) is 13.4 Å². The number of fused-ring (bicyclic) bond motifs is 1. The minimum absolute atomic E-state index is 0.0187. The molecular weight excluding hydrogens is 314 g/mol. The average Bonchev–Trinajstić information content (AvgIpc) is 2.82. The van der Waals surface area contributed by atoms with Gasteiger partial charge in [-0.25, -0.2) is 19.7 Å². The molecule has 0 radical (unpaired) electrons. The lowest BCUT2D eigenvalue weighted by Gasteiger charge is -2.12. The third-order valence-corrected chi connectivity index (χ3v) is 3.59. The van der Waals surface area contributed by atoms with Crippen LogP contribution in [0.5, 0.6) is 0 Å². The molecule has 2 heterocycles. The highest BCUT2D eigenvalue weighted by molar-refractivity contribution is 8.01.